The molecule has 0 radical (unpaired) electrons. The van der Waals surface area contributed by atoms with Gasteiger partial charge in [-0.25, -0.2) is 17.6 Å². The summed E-state index contributed by atoms with van der Waals surface area (Å²) in [6, 6.07) is 177. The highest BCUT2D eigenvalue weighted by Crippen LogP contribution is 2.66. The molecular formula is C139H92F4N4O2. The Morgan fingerprint density at radius 3 is 0.617 bits per heavy atom. The van der Waals surface area contributed by atoms with Gasteiger partial charge in [-0.2, -0.15) is 0 Å². The van der Waals surface area contributed by atoms with Gasteiger partial charge in [0.15, 0.2) is 0 Å². The minimum absolute atomic E-state index is 0.332. The maximum absolute atomic E-state index is 15.8. The molecule has 2 atom stereocenters. The Hall–Kier alpha value is -19.2. The molecule has 0 N–H and O–H groups in total. The summed E-state index contributed by atoms with van der Waals surface area (Å²) in [5.74, 6) is 1.34. The molecule has 22 aromatic carbocycles. The minimum Gasteiger partial charge on any atom is -0.457 e. The molecule has 0 amide bonds. The highest BCUT2D eigenvalue weighted by molar-refractivity contribution is 6.00. The third kappa shape index (κ3) is 15.2. The Morgan fingerprint density at radius 2 is 0.356 bits per heavy atom. The molecule has 0 saturated heterocycles. The zero-order valence-electron chi connectivity index (χ0n) is 80.8. The van der Waals surface area contributed by atoms with Crippen LogP contribution in [0, 0.1) is 23.3 Å². The van der Waals surface area contributed by atoms with Gasteiger partial charge in [0.05, 0.1) is 16.2 Å². The van der Waals surface area contributed by atoms with Crippen LogP contribution in [0.2, 0.25) is 0 Å². The Morgan fingerprint density at radius 1 is 0.168 bits per heavy atom. The Bertz CT molecular complexity index is 8380. The lowest BCUT2D eigenvalue weighted by atomic mass is 9.67. The van der Waals surface area contributed by atoms with Crippen molar-refractivity contribution >= 4 is 80.4 Å². The fourth-order valence-electron chi connectivity index (χ4n) is 23.7. The average Bonchev–Trinajstić information content (AvgIpc) is 1.51. The third-order valence-electron chi connectivity index (χ3n) is 30.3. The summed E-state index contributed by atoms with van der Waals surface area (Å²) >= 11 is 0. The summed E-state index contributed by atoms with van der Waals surface area (Å²) in [7, 11) is 0. The van der Waals surface area contributed by atoms with Crippen LogP contribution >= 0.6 is 0 Å². The van der Waals surface area contributed by atoms with Crippen molar-refractivity contribution in [3.63, 3.8) is 0 Å². The second kappa shape index (κ2) is 36.9. The maximum Gasteiger partial charge on any atom is 0.127 e. The standard InChI is InChI=1S/C139H92F4N4O2/c1-3-91-31-75-117(76-32-91)148-119-79-43-99(44-80-119)137(97-39-47-101(140)48-40-97)129-27-15-11-23-121(129)125-83-71-113(87-133(125)137)144(105-55-35-95(36-56-105)93-19-7-5-8-20-93)109-63-67-111(68-64-109)146(107-59-51-103(142)52-60-107)115-73-85-127-123-25-13-17-29-131(123)139(135(127)89-115)132-30-18-14-26-124(132)128-86-74-116(90-136(128)139)147(108-61-53-104(143)54-62-108)112-69-65-110(66-70-112)145(106-57-37-96(38-58-106)94-21-9-6-10-22-94)114-72-84-126-122-24-12-16-28-130(122)138(134(126)88-114,98-41-49-102(141)50-42-98)100-45-81-120(82-46-100)149-118-77-33-92(4-2)34-78-118/h3-90H,1-2H2. The van der Waals surface area contributed by atoms with Crippen LogP contribution in [0.4, 0.5) is 85.8 Å². The van der Waals surface area contributed by atoms with Crippen molar-refractivity contribution in [2.24, 2.45) is 0 Å². The van der Waals surface area contributed by atoms with Gasteiger partial charge in [0, 0.05) is 68.2 Å². The number of ether oxygens (including phenoxy) is 2. The first kappa shape index (κ1) is 89.9. The fourth-order valence-corrected chi connectivity index (χ4v) is 23.7. The number of halogens is 4. The van der Waals surface area contributed by atoms with Crippen molar-refractivity contribution in [3.8, 4) is 89.8 Å². The van der Waals surface area contributed by atoms with Crippen molar-refractivity contribution in [2.45, 2.75) is 16.2 Å². The molecule has 0 bridgehead atoms. The predicted molar refractivity (Wildman–Crippen MR) is 600 cm³/mol. The lowest BCUT2D eigenvalue weighted by Gasteiger charge is -2.35. The molecule has 26 rings (SSSR count). The summed E-state index contributed by atoms with van der Waals surface area (Å²) in [5, 5.41) is 0. The Kier molecular flexibility index (Phi) is 22.3. The van der Waals surface area contributed by atoms with Gasteiger partial charge < -0.3 is 29.1 Å². The first-order valence-corrected chi connectivity index (χ1v) is 50.1. The quantitative estimate of drug-likeness (QED) is 0.0561. The molecule has 1 spiro atoms. The molecule has 149 heavy (non-hydrogen) atoms. The van der Waals surface area contributed by atoms with Crippen molar-refractivity contribution in [3.05, 3.63) is 636 Å². The zero-order valence-corrected chi connectivity index (χ0v) is 80.8. The third-order valence-corrected chi connectivity index (χ3v) is 30.3. The number of benzene rings is 22. The second-order valence-electron chi connectivity index (χ2n) is 38.3. The topological polar surface area (TPSA) is 31.4 Å². The molecule has 0 aromatic heterocycles. The normalized spacial score (nSPS) is 14.8. The lowest BCUT2D eigenvalue weighted by molar-refractivity contribution is 0.482. The largest absolute Gasteiger partial charge is 0.457 e. The molecule has 0 saturated carbocycles. The van der Waals surface area contributed by atoms with Gasteiger partial charge in [-0.1, -0.05) is 304 Å². The van der Waals surface area contributed by atoms with Gasteiger partial charge in [0.2, 0.25) is 0 Å². The van der Waals surface area contributed by atoms with Crippen molar-refractivity contribution in [1.82, 2.24) is 0 Å². The van der Waals surface area contributed by atoms with E-state index < -0.39 is 16.2 Å². The van der Waals surface area contributed by atoms with Crippen LogP contribution in [0.5, 0.6) is 23.0 Å². The van der Waals surface area contributed by atoms with E-state index in [1.54, 1.807) is 24.3 Å². The van der Waals surface area contributed by atoms with Gasteiger partial charge in [-0.05, 0) is 387 Å². The molecule has 22 aromatic rings. The first-order valence-electron chi connectivity index (χ1n) is 50.1. The molecule has 4 aliphatic carbocycles. The Balaban J connectivity index is 0.595. The second-order valence-corrected chi connectivity index (χ2v) is 38.3. The number of rotatable bonds is 24. The lowest BCUT2D eigenvalue weighted by Crippen LogP contribution is -2.29. The smallest absolute Gasteiger partial charge is 0.127 e. The van der Waals surface area contributed by atoms with Crippen LogP contribution in [0.25, 0.3) is 78.9 Å². The summed E-state index contributed by atoms with van der Waals surface area (Å²) in [6.07, 6.45) is 3.62. The molecular weight excluding hydrogens is 1830 g/mol. The molecule has 6 nitrogen and oxygen atoms in total. The summed E-state index contributed by atoms with van der Waals surface area (Å²) < 4.78 is 75.8. The van der Waals surface area contributed by atoms with E-state index in [1.807, 2.05) is 146 Å². The fraction of sp³-hybridized carbons (Fsp3) is 0.0216. The van der Waals surface area contributed by atoms with Crippen LogP contribution in [0.15, 0.2) is 535 Å². The maximum atomic E-state index is 15.8. The molecule has 2 unspecified atom stereocenters. The van der Waals surface area contributed by atoms with E-state index in [4.69, 9.17) is 9.47 Å². The molecule has 0 fully saturated rings. The van der Waals surface area contributed by atoms with Gasteiger partial charge >= 0.3 is 0 Å². The Labute approximate surface area is 863 Å². The molecule has 0 aliphatic heterocycles. The number of anilines is 12. The van der Waals surface area contributed by atoms with E-state index >= 15 is 17.6 Å². The van der Waals surface area contributed by atoms with E-state index in [2.05, 4.69) is 372 Å². The van der Waals surface area contributed by atoms with Crippen LogP contribution in [-0.4, -0.2) is 0 Å². The van der Waals surface area contributed by atoms with Crippen molar-refractivity contribution < 1.29 is 27.0 Å². The van der Waals surface area contributed by atoms with Gasteiger partial charge in [0.25, 0.3) is 0 Å². The summed E-state index contributed by atoms with van der Waals surface area (Å²) in [5.41, 5.74) is 34.6. The van der Waals surface area contributed by atoms with Crippen LogP contribution in [0.1, 0.15) is 77.9 Å². The van der Waals surface area contributed by atoms with E-state index in [1.165, 1.54) is 24.3 Å². The summed E-state index contributed by atoms with van der Waals surface area (Å²) in [4.78, 5) is 9.07. The van der Waals surface area contributed by atoms with Crippen LogP contribution in [0.3, 0.4) is 0 Å². The van der Waals surface area contributed by atoms with Crippen molar-refractivity contribution in [1.29, 1.82) is 0 Å². The molecule has 10 heteroatoms. The molecule has 0 heterocycles. The van der Waals surface area contributed by atoms with Crippen molar-refractivity contribution in [2.75, 3.05) is 19.6 Å². The zero-order chi connectivity index (χ0) is 100. The van der Waals surface area contributed by atoms with Gasteiger partial charge in [-0.15, -0.1) is 0 Å². The number of fused-ring (bicyclic) bond motifs is 16. The molecule has 4 aliphatic rings. The van der Waals surface area contributed by atoms with Gasteiger partial charge in [-0.3, -0.25) is 0 Å². The highest BCUT2D eigenvalue weighted by atomic mass is 19.1. The predicted octanol–water partition coefficient (Wildman–Crippen LogP) is 37.4. The summed E-state index contributed by atoms with van der Waals surface area (Å²) in [6.45, 7) is 7.89. The number of hydrogen-bond donors (Lipinski definition) is 0. The van der Waals surface area contributed by atoms with Crippen LogP contribution in [-0.2, 0) is 16.2 Å². The number of hydrogen-bond acceptors (Lipinski definition) is 6. The first-order chi connectivity index (χ1) is 73.3. The SMILES string of the molecule is C=Cc1ccc(Oc2ccc(C3(c4ccc(F)cc4)c4ccccc4-c4ccc(N(c5ccc(-c6ccccc6)cc5)c5ccc(N(c6ccc(F)cc6)c6ccc7c(c6)C6(c8ccccc8-7)c7ccccc7-c7ccc(N(c8ccc(F)cc8)c8ccc(N(c9ccc(-c%10ccccc%10)cc9)c9ccc%10c(c9)C(c9ccc(F)cc9)(c9ccc(Oc%11ccc(C=C)cc%11)cc9)c9ccccc9-%10)cc8)cc76)cc5)cc43)cc2)cc1. The van der Waals surface area contributed by atoms with E-state index in [9.17, 15) is 0 Å². The highest BCUT2D eigenvalue weighted by Gasteiger charge is 2.54. The van der Waals surface area contributed by atoms with E-state index in [-0.39, 0.29) is 23.3 Å². The average molecular weight is 1930 g/mol. The van der Waals surface area contributed by atoms with Crippen LogP contribution < -0.4 is 29.1 Å². The number of nitrogens with zero attached hydrogens (tertiary/aromatic N) is 4. The van der Waals surface area contributed by atoms with E-state index in [0.717, 1.165) is 213 Å². The monoisotopic (exact) mass is 1920 g/mol. The minimum atomic E-state index is -0.937. The van der Waals surface area contributed by atoms with E-state index in [0.29, 0.717) is 23.0 Å². The molecule has 708 valence electrons. The van der Waals surface area contributed by atoms with Gasteiger partial charge in [0.1, 0.15) is 46.3 Å².